The van der Waals surface area contributed by atoms with Crippen molar-refractivity contribution in [1.82, 2.24) is 14.8 Å². The Morgan fingerprint density at radius 3 is 2.47 bits per heavy atom. The van der Waals surface area contributed by atoms with Crippen LogP contribution in [-0.2, 0) is 11.3 Å². The highest BCUT2D eigenvalue weighted by Gasteiger charge is 2.28. The van der Waals surface area contributed by atoms with E-state index < -0.39 is 0 Å². The van der Waals surface area contributed by atoms with Crippen molar-refractivity contribution >= 4 is 34.9 Å². The average molecular weight is 475 g/mol. The zero-order chi connectivity index (χ0) is 22.3. The number of rotatable bonds is 7. The summed E-state index contributed by atoms with van der Waals surface area (Å²) in [4.78, 5) is 24.6. The van der Waals surface area contributed by atoms with Gasteiger partial charge in [0, 0.05) is 68.0 Å². The molecule has 2 aliphatic rings. The Morgan fingerprint density at radius 1 is 1.00 bits per heavy atom. The van der Waals surface area contributed by atoms with Gasteiger partial charge in [0.05, 0.1) is 0 Å². The van der Waals surface area contributed by atoms with E-state index in [4.69, 9.17) is 23.2 Å². The molecule has 2 fully saturated rings. The number of hydrogen-bond acceptors (Lipinski definition) is 4. The van der Waals surface area contributed by atoms with Crippen molar-refractivity contribution in [3.05, 3.63) is 58.2 Å². The van der Waals surface area contributed by atoms with Gasteiger partial charge in [-0.15, -0.1) is 0 Å². The molecule has 1 saturated heterocycles. The van der Waals surface area contributed by atoms with Gasteiger partial charge in [0.25, 0.3) is 0 Å². The predicted molar refractivity (Wildman–Crippen MR) is 131 cm³/mol. The smallest absolute Gasteiger partial charge is 0.231 e. The van der Waals surface area contributed by atoms with Gasteiger partial charge in [-0.3, -0.25) is 19.5 Å². The maximum Gasteiger partial charge on any atom is 0.231 e. The molecule has 32 heavy (non-hydrogen) atoms. The molecule has 4 rings (SSSR count). The monoisotopic (exact) mass is 474 g/mol. The molecular weight excluding hydrogens is 443 g/mol. The van der Waals surface area contributed by atoms with Crippen LogP contribution in [0.15, 0.2) is 42.6 Å². The minimum absolute atomic E-state index is 0.144. The predicted octanol–water partition coefficient (Wildman–Crippen LogP) is 5.12. The van der Waals surface area contributed by atoms with Crippen molar-refractivity contribution in [2.24, 2.45) is 5.92 Å². The Kier molecular flexibility index (Phi) is 8.42. The maximum atomic E-state index is 13.3. The number of benzene rings is 1. The molecule has 1 aromatic heterocycles. The Hall–Kier alpha value is -1.66. The van der Waals surface area contributed by atoms with Gasteiger partial charge in [-0.2, -0.15) is 0 Å². The second kappa shape index (κ2) is 11.5. The highest BCUT2D eigenvalue weighted by Crippen LogP contribution is 2.27. The van der Waals surface area contributed by atoms with E-state index in [2.05, 4.69) is 14.8 Å². The van der Waals surface area contributed by atoms with Crippen LogP contribution < -0.4 is 4.90 Å². The van der Waals surface area contributed by atoms with Crippen molar-refractivity contribution in [2.75, 3.05) is 44.2 Å². The topological polar surface area (TPSA) is 39.7 Å². The second-order valence-electron chi connectivity index (χ2n) is 8.87. The number of aromatic nitrogens is 1. The van der Waals surface area contributed by atoms with Crippen LogP contribution >= 0.6 is 23.2 Å². The summed E-state index contributed by atoms with van der Waals surface area (Å²) in [5.74, 6) is 1.17. The first-order valence-electron chi connectivity index (χ1n) is 11.7. The molecule has 1 aromatic carbocycles. The largest absolute Gasteiger partial charge is 0.299 e. The Labute approximate surface area is 201 Å². The molecule has 2 heterocycles. The van der Waals surface area contributed by atoms with Gasteiger partial charge in [0.2, 0.25) is 5.91 Å². The molecule has 172 valence electrons. The minimum Gasteiger partial charge on any atom is -0.299 e. The van der Waals surface area contributed by atoms with E-state index in [9.17, 15) is 4.79 Å². The SMILES string of the molecule is O=C(C1CCCCC1)N(CCN1CCN(Cc2cc(Cl)ccc2Cl)CC1)c1ccccn1. The molecule has 2 aromatic rings. The highest BCUT2D eigenvalue weighted by atomic mass is 35.5. The molecule has 0 atom stereocenters. The summed E-state index contributed by atoms with van der Waals surface area (Å²) in [7, 11) is 0. The summed E-state index contributed by atoms with van der Waals surface area (Å²) < 4.78 is 0. The summed E-state index contributed by atoms with van der Waals surface area (Å²) in [6.45, 7) is 6.27. The summed E-state index contributed by atoms with van der Waals surface area (Å²) in [6.07, 6.45) is 7.35. The number of carbonyl (C=O) groups excluding carboxylic acids is 1. The maximum absolute atomic E-state index is 13.3. The Morgan fingerprint density at radius 2 is 1.75 bits per heavy atom. The zero-order valence-corrected chi connectivity index (χ0v) is 20.1. The number of nitrogens with zero attached hydrogens (tertiary/aromatic N) is 4. The van der Waals surface area contributed by atoms with Gasteiger partial charge >= 0.3 is 0 Å². The number of amides is 1. The molecule has 0 bridgehead atoms. The molecule has 1 aliphatic carbocycles. The number of piperazine rings is 1. The van der Waals surface area contributed by atoms with E-state index in [1.165, 1.54) is 6.42 Å². The number of halogens is 2. The third-order valence-corrected chi connectivity index (χ3v) is 7.26. The lowest BCUT2D eigenvalue weighted by molar-refractivity contribution is -0.123. The lowest BCUT2D eigenvalue weighted by Crippen LogP contribution is -2.49. The lowest BCUT2D eigenvalue weighted by atomic mass is 9.88. The lowest BCUT2D eigenvalue weighted by Gasteiger charge is -2.36. The average Bonchev–Trinajstić information content (AvgIpc) is 2.84. The Balaban J connectivity index is 1.32. The molecule has 1 amide bonds. The van der Waals surface area contributed by atoms with Gasteiger partial charge in [0.15, 0.2) is 0 Å². The summed E-state index contributed by atoms with van der Waals surface area (Å²) >= 11 is 12.5. The van der Waals surface area contributed by atoms with E-state index in [0.29, 0.717) is 6.54 Å². The standard InChI is InChI=1S/C25H32Cl2N4O/c26-22-9-10-23(27)21(18-22)19-30-14-12-29(13-15-30)16-17-31(24-8-4-5-11-28-24)25(32)20-6-2-1-3-7-20/h4-5,8-11,18,20H,1-3,6-7,12-17,19H2. The number of pyridine rings is 1. The molecule has 1 aliphatic heterocycles. The Bertz CT molecular complexity index is 881. The molecule has 5 nitrogen and oxygen atoms in total. The van der Waals surface area contributed by atoms with Gasteiger partial charge in [-0.05, 0) is 48.7 Å². The summed E-state index contributed by atoms with van der Waals surface area (Å²) in [5.41, 5.74) is 1.08. The quantitative estimate of drug-likeness (QED) is 0.558. The van der Waals surface area contributed by atoms with E-state index in [1.807, 2.05) is 41.3 Å². The second-order valence-corrected chi connectivity index (χ2v) is 9.71. The molecular formula is C25H32Cl2N4O. The van der Waals surface area contributed by atoms with E-state index in [0.717, 1.165) is 86.4 Å². The minimum atomic E-state index is 0.144. The van der Waals surface area contributed by atoms with Crippen LogP contribution in [0.3, 0.4) is 0 Å². The molecule has 1 saturated carbocycles. The zero-order valence-electron chi connectivity index (χ0n) is 18.6. The molecule has 0 radical (unpaired) electrons. The van der Waals surface area contributed by atoms with Crippen molar-refractivity contribution < 1.29 is 4.79 Å². The van der Waals surface area contributed by atoms with Crippen LogP contribution in [-0.4, -0.2) is 60.0 Å². The van der Waals surface area contributed by atoms with Gasteiger partial charge in [-0.25, -0.2) is 4.98 Å². The van der Waals surface area contributed by atoms with Crippen molar-refractivity contribution in [1.29, 1.82) is 0 Å². The third kappa shape index (κ3) is 6.22. The molecule has 0 spiro atoms. The van der Waals surface area contributed by atoms with Crippen LogP contribution in [0, 0.1) is 5.92 Å². The fraction of sp³-hybridized carbons (Fsp3) is 0.520. The number of carbonyl (C=O) groups is 1. The van der Waals surface area contributed by atoms with Crippen molar-refractivity contribution in [2.45, 2.75) is 38.6 Å². The first kappa shape index (κ1) is 23.5. The fourth-order valence-electron chi connectivity index (χ4n) is 4.74. The number of hydrogen-bond donors (Lipinski definition) is 0. The van der Waals surface area contributed by atoms with Crippen LogP contribution in [0.1, 0.15) is 37.7 Å². The molecule has 7 heteroatoms. The van der Waals surface area contributed by atoms with Gasteiger partial charge < -0.3 is 0 Å². The van der Waals surface area contributed by atoms with Gasteiger partial charge in [0.1, 0.15) is 5.82 Å². The molecule has 0 N–H and O–H groups in total. The van der Waals surface area contributed by atoms with E-state index >= 15 is 0 Å². The molecule has 0 unspecified atom stereocenters. The third-order valence-electron chi connectivity index (χ3n) is 6.65. The van der Waals surface area contributed by atoms with Crippen LogP contribution in [0.2, 0.25) is 10.0 Å². The van der Waals surface area contributed by atoms with E-state index in [1.54, 1.807) is 6.20 Å². The first-order valence-corrected chi connectivity index (χ1v) is 12.5. The normalized spacial score (nSPS) is 18.6. The summed E-state index contributed by atoms with van der Waals surface area (Å²) in [5, 5.41) is 1.49. The van der Waals surface area contributed by atoms with Gasteiger partial charge in [-0.1, -0.05) is 48.5 Å². The van der Waals surface area contributed by atoms with Crippen LogP contribution in [0.25, 0.3) is 0 Å². The van der Waals surface area contributed by atoms with E-state index in [-0.39, 0.29) is 11.8 Å². The van der Waals surface area contributed by atoms with Crippen molar-refractivity contribution in [3.63, 3.8) is 0 Å². The van der Waals surface area contributed by atoms with Crippen LogP contribution in [0.4, 0.5) is 5.82 Å². The highest BCUT2D eigenvalue weighted by molar-refractivity contribution is 6.33. The fourth-order valence-corrected chi connectivity index (χ4v) is 5.11. The first-order chi connectivity index (χ1) is 15.6. The number of anilines is 1. The summed E-state index contributed by atoms with van der Waals surface area (Å²) in [6, 6.07) is 11.5. The van der Waals surface area contributed by atoms with Crippen molar-refractivity contribution in [3.8, 4) is 0 Å². The van der Waals surface area contributed by atoms with Crippen LogP contribution in [0.5, 0.6) is 0 Å².